The molecule has 2 rings (SSSR count). The minimum absolute atomic E-state index is 0.00352. The maximum absolute atomic E-state index is 12.3. The van der Waals surface area contributed by atoms with Gasteiger partial charge in [-0.15, -0.1) is 0 Å². The maximum atomic E-state index is 12.3. The molecule has 0 aromatic heterocycles. The topological polar surface area (TPSA) is 38.3 Å². The van der Waals surface area contributed by atoms with E-state index >= 15 is 0 Å². The van der Waals surface area contributed by atoms with E-state index in [1.54, 1.807) is 0 Å². The highest BCUT2D eigenvalue weighted by molar-refractivity contribution is 5.81. The van der Waals surface area contributed by atoms with E-state index in [4.69, 9.17) is 4.74 Å². The Kier molecular flexibility index (Phi) is 6.29. The molecule has 1 aromatic rings. The average Bonchev–Trinajstić information content (AvgIpc) is 2.45. The molecule has 0 bridgehead atoms. The summed E-state index contributed by atoms with van der Waals surface area (Å²) in [6.07, 6.45) is 8.11. The Morgan fingerprint density at radius 1 is 1.09 bits per heavy atom. The molecule has 1 N–H and O–H groups in total. The van der Waals surface area contributed by atoms with E-state index in [0.717, 1.165) is 18.6 Å². The van der Waals surface area contributed by atoms with Crippen LogP contribution in [0, 0.1) is 13.8 Å². The molecule has 1 fully saturated rings. The van der Waals surface area contributed by atoms with Gasteiger partial charge in [-0.05, 0) is 56.9 Å². The van der Waals surface area contributed by atoms with Crippen molar-refractivity contribution in [3.05, 3.63) is 29.3 Å². The first-order chi connectivity index (χ1) is 10.6. The first-order valence-electron chi connectivity index (χ1n) is 8.60. The number of benzene rings is 1. The molecule has 0 aliphatic heterocycles. The first kappa shape index (κ1) is 16.9. The summed E-state index contributed by atoms with van der Waals surface area (Å²) in [7, 11) is 0. The van der Waals surface area contributed by atoms with Crippen LogP contribution in [0.3, 0.4) is 0 Å². The molecule has 1 aromatic carbocycles. The van der Waals surface area contributed by atoms with Crippen molar-refractivity contribution in [1.82, 2.24) is 5.32 Å². The van der Waals surface area contributed by atoms with Crippen LogP contribution in [0.2, 0.25) is 0 Å². The molecule has 1 amide bonds. The Morgan fingerprint density at radius 3 is 2.36 bits per heavy atom. The number of ether oxygens (including phenoxy) is 1. The zero-order chi connectivity index (χ0) is 15.9. The fourth-order valence-electron chi connectivity index (χ4n) is 2.96. The molecule has 0 heterocycles. The standard InChI is InChI=1S/C19H29NO2/c1-14-11-12-18(13-15(14)2)22-16(3)19(21)20-17-9-7-5-4-6-8-10-17/h11-13,16-17H,4-10H2,1-3H3,(H,20,21)/t16-/m1/s1. The molecule has 3 heteroatoms. The lowest BCUT2D eigenvalue weighted by Crippen LogP contribution is -2.42. The van der Waals surface area contributed by atoms with Gasteiger partial charge in [0, 0.05) is 6.04 Å². The van der Waals surface area contributed by atoms with Gasteiger partial charge in [0.2, 0.25) is 0 Å². The molecule has 1 saturated carbocycles. The Morgan fingerprint density at radius 2 is 1.73 bits per heavy atom. The minimum Gasteiger partial charge on any atom is -0.481 e. The van der Waals surface area contributed by atoms with E-state index in [9.17, 15) is 4.79 Å². The van der Waals surface area contributed by atoms with Crippen molar-refractivity contribution in [2.45, 2.75) is 77.9 Å². The lowest BCUT2D eigenvalue weighted by Gasteiger charge is -2.23. The summed E-state index contributed by atoms with van der Waals surface area (Å²) >= 11 is 0. The van der Waals surface area contributed by atoms with Gasteiger partial charge in [-0.3, -0.25) is 4.79 Å². The van der Waals surface area contributed by atoms with E-state index in [1.807, 2.05) is 25.1 Å². The molecule has 22 heavy (non-hydrogen) atoms. The Bertz CT molecular complexity index is 490. The Balaban J connectivity index is 1.86. The first-order valence-corrected chi connectivity index (χ1v) is 8.60. The second kappa shape index (κ2) is 8.21. The largest absolute Gasteiger partial charge is 0.481 e. The monoisotopic (exact) mass is 303 g/mol. The third-order valence-electron chi connectivity index (χ3n) is 4.61. The molecule has 1 aliphatic carbocycles. The van der Waals surface area contributed by atoms with E-state index < -0.39 is 6.10 Å². The SMILES string of the molecule is Cc1ccc(O[C@H](C)C(=O)NC2CCCCCCC2)cc1C. The number of carbonyl (C=O) groups excluding carboxylic acids is 1. The van der Waals surface area contributed by atoms with Gasteiger partial charge < -0.3 is 10.1 Å². The smallest absolute Gasteiger partial charge is 0.260 e. The van der Waals surface area contributed by atoms with Gasteiger partial charge in [0.1, 0.15) is 5.75 Å². The summed E-state index contributed by atoms with van der Waals surface area (Å²) in [5.41, 5.74) is 2.42. The second-order valence-electron chi connectivity index (χ2n) is 6.56. The van der Waals surface area contributed by atoms with Gasteiger partial charge >= 0.3 is 0 Å². The fourth-order valence-corrected chi connectivity index (χ4v) is 2.96. The highest BCUT2D eigenvalue weighted by Crippen LogP contribution is 2.19. The number of aryl methyl sites for hydroxylation is 2. The van der Waals surface area contributed by atoms with Crippen LogP contribution in [-0.2, 0) is 4.79 Å². The van der Waals surface area contributed by atoms with Gasteiger partial charge in [0.05, 0.1) is 0 Å². The van der Waals surface area contributed by atoms with E-state index in [2.05, 4.69) is 19.2 Å². The van der Waals surface area contributed by atoms with Crippen LogP contribution >= 0.6 is 0 Å². The molecule has 1 aliphatic rings. The second-order valence-corrected chi connectivity index (χ2v) is 6.56. The third kappa shape index (κ3) is 5.04. The number of carbonyl (C=O) groups is 1. The van der Waals surface area contributed by atoms with Crippen LogP contribution in [0.15, 0.2) is 18.2 Å². The quantitative estimate of drug-likeness (QED) is 0.900. The van der Waals surface area contributed by atoms with Crippen molar-refractivity contribution in [2.24, 2.45) is 0 Å². The van der Waals surface area contributed by atoms with Crippen molar-refractivity contribution in [2.75, 3.05) is 0 Å². The van der Waals surface area contributed by atoms with Crippen LogP contribution in [0.4, 0.5) is 0 Å². The minimum atomic E-state index is -0.451. The van der Waals surface area contributed by atoms with Gasteiger partial charge in [-0.2, -0.15) is 0 Å². The normalized spacial score (nSPS) is 18.1. The van der Waals surface area contributed by atoms with E-state index in [-0.39, 0.29) is 5.91 Å². The number of rotatable bonds is 4. The van der Waals surface area contributed by atoms with Crippen molar-refractivity contribution >= 4 is 5.91 Å². The average molecular weight is 303 g/mol. The van der Waals surface area contributed by atoms with E-state index in [0.29, 0.717) is 6.04 Å². The zero-order valence-electron chi connectivity index (χ0n) is 14.2. The summed E-state index contributed by atoms with van der Waals surface area (Å²) in [4.78, 5) is 12.3. The molecule has 0 saturated heterocycles. The van der Waals surface area contributed by atoms with Crippen LogP contribution in [-0.4, -0.2) is 18.1 Å². The number of amides is 1. The van der Waals surface area contributed by atoms with Gasteiger partial charge in [0.15, 0.2) is 6.10 Å². The molecule has 0 unspecified atom stereocenters. The summed E-state index contributed by atoms with van der Waals surface area (Å²) in [5, 5.41) is 3.17. The lowest BCUT2D eigenvalue weighted by atomic mass is 9.96. The van der Waals surface area contributed by atoms with Crippen LogP contribution in [0.25, 0.3) is 0 Å². The summed E-state index contributed by atoms with van der Waals surface area (Å²) < 4.78 is 5.80. The van der Waals surface area contributed by atoms with Crippen molar-refractivity contribution < 1.29 is 9.53 Å². The predicted octanol–water partition coefficient (Wildman–Crippen LogP) is 4.30. The fraction of sp³-hybridized carbons (Fsp3) is 0.632. The highest BCUT2D eigenvalue weighted by Gasteiger charge is 2.19. The number of hydrogen-bond acceptors (Lipinski definition) is 2. The molecule has 122 valence electrons. The number of nitrogens with one attached hydrogen (secondary N) is 1. The van der Waals surface area contributed by atoms with Crippen LogP contribution in [0.1, 0.15) is 63.0 Å². The third-order valence-corrected chi connectivity index (χ3v) is 4.61. The molecule has 3 nitrogen and oxygen atoms in total. The summed E-state index contributed by atoms with van der Waals surface area (Å²) in [5.74, 6) is 0.771. The summed E-state index contributed by atoms with van der Waals surface area (Å²) in [6.45, 7) is 5.96. The van der Waals surface area contributed by atoms with Gasteiger partial charge in [-0.25, -0.2) is 0 Å². The molecular weight excluding hydrogens is 274 g/mol. The number of hydrogen-bond donors (Lipinski definition) is 1. The molecule has 0 spiro atoms. The maximum Gasteiger partial charge on any atom is 0.260 e. The molecule has 1 atom stereocenters. The Labute approximate surface area is 134 Å². The predicted molar refractivity (Wildman–Crippen MR) is 90.3 cm³/mol. The molecule has 0 radical (unpaired) electrons. The highest BCUT2D eigenvalue weighted by atomic mass is 16.5. The summed E-state index contributed by atoms with van der Waals surface area (Å²) in [6, 6.07) is 6.28. The van der Waals surface area contributed by atoms with Crippen molar-refractivity contribution in [3.8, 4) is 5.75 Å². The Hall–Kier alpha value is -1.51. The zero-order valence-corrected chi connectivity index (χ0v) is 14.2. The van der Waals surface area contributed by atoms with E-state index in [1.165, 1.54) is 43.2 Å². The van der Waals surface area contributed by atoms with Crippen molar-refractivity contribution in [1.29, 1.82) is 0 Å². The van der Waals surface area contributed by atoms with Crippen LogP contribution < -0.4 is 10.1 Å². The van der Waals surface area contributed by atoms with Gasteiger partial charge in [0.25, 0.3) is 5.91 Å². The van der Waals surface area contributed by atoms with Crippen LogP contribution in [0.5, 0.6) is 5.75 Å². The molecular formula is C19H29NO2. The van der Waals surface area contributed by atoms with Gasteiger partial charge in [-0.1, -0.05) is 38.2 Å². The lowest BCUT2D eigenvalue weighted by molar-refractivity contribution is -0.128. The van der Waals surface area contributed by atoms with Crippen molar-refractivity contribution in [3.63, 3.8) is 0 Å².